The minimum atomic E-state index is -0.460. The van der Waals surface area contributed by atoms with Crippen LogP contribution in [0, 0.1) is 0 Å². The number of benzene rings is 3. The number of nitrogens with one attached hydrogen (secondary N) is 1. The Morgan fingerprint density at radius 3 is 2.50 bits per heavy atom. The van der Waals surface area contributed by atoms with Gasteiger partial charge >= 0.3 is 0 Å². The Balaban J connectivity index is 1.66. The van der Waals surface area contributed by atoms with E-state index in [1.165, 1.54) is 11.8 Å². The zero-order chi connectivity index (χ0) is 24.1. The summed E-state index contributed by atoms with van der Waals surface area (Å²) in [7, 11) is 3.18. The number of amides is 1. The average Bonchev–Trinajstić information content (AvgIpc) is 3.28. The molecule has 0 aliphatic heterocycles. The Hall–Kier alpha value is -3.49. The van der Waals surface area contributed by atoms with Crippen LogP contribution in [0.1, 0.15) is 6.92 Å². The number of rotatable bonds is 8. The molecule has 0 radical (unpaired) electrons. The van der Waals surface area contributed by atoms with Gasteiger partial charge < -0.3 is 14.8 Å². The molecule has 0 bridgehead atoms. The van der Waals surface area contributed by atoms with Crippen molar-refractivity contribution < 1.29 is 14.3 Å². The van der Waals surface area contributed by atoms with Gasteiger partial charge in [0.2, 0.25) is 5.91 Å². The highest BCUT2D eigenvalue weighted by molar-refractivity contribution is 8.00. The van der Waals surface area contributed by atoms with Gasteiger partial charge in [0, 0.05) is 16.3 Å². The van der Waals surface area contributed by atoms with Crippen LogP contribution in [0.3, 0.4) is 0 Å². The number of ether oxygens (including phenoxy) is 2. The fraction of sp³-hybridized carbons (Fsp3) is 0.160. The highest BCUT2D eigenvalue weighted by atomic mass is 35.5. The topological polar surface area (TPSA) is 78.3 Å². The van der Waals surface area contributed by atoms with E-state index in [-0.39, 0.29) is 5.91 Å². The third kappa shape index (κ3) is 5.18. The average molecular weight is 495 g/mol. The van der Waals surface area contributed by atoms with Crippen molar-refractivity contribution >= 4 is 35.0 Å². The third-order valence-electron chi connectivity index (χ3n) is 5.06. The predicted molar refractivity (Wildman–Crippen MR) is 135 cm³/mol. The summed E-state index contributed by atoms with van der Waals surface area (Å²) in [6.45, 7) is 1.82. The Bertz CT molecular complexity index is 1290. The highest BCUT2D eigenvalue weighted by Crippen LogP contribution is 2.32. The number of carbonyl (C=O) groups excluding carboxylic acids is 1. The van der Waals surface area contributed by atoms with Gasteiger partial charge in [-0.15, -0.1) is 10.2 Å². The summed E-state index contributed by atoms with van der Waals surface area (Å²) in [4.78, 5) is 13.0. The molecule has 174 valence electrons. The zero-order valence-electron chi connectivity index (χ0n) is 18.9. The third-order valence-corrected chi connectivity index (χ3v) is 6.36. The lowest BCUT2D eigenvalue weighted by Crippen LogP contribution is -2.23. The van der Waals surface area contributed by atoms with E-state index in [0.29, 0.717) is 33.2 Å². The lowest BCUT2D eigenvalue weighted by atomic mass is 10.2. The molecule has 4 aromatic rings. The molecule has 34 heavy (non-hydrogen) atoms. The van der Waals surface area contributed by atoms with Crippen LogP contribution in [0.25, 0.3) is 17.1 Å². The summed E-state index contributed by atoms with van der Waals surface area (Å²) in [6.07, 6.45) is 0. The summed E-state index contributed by atoms with van der Waals surface area (Å²) in [5, 5.41) is 12.5. The Morgan fingerprint density at radius 2 is 1.76 bits per heavy atom. The van der Waals surface area contributed by atoms with Crippen molar-refractivity contribution in [2.45, 2.75) is 17.3 Å². The van der Waals surface area contributed by atoms with E-state index in [1.807, 2.05) is 60.0 Å². The molecule has 0 saturated carbocycles. The van der Waals surface area contributed by atoms with Gasteiger partial charge in [-0.3, -0.25) is 9.36 Å². The molecule has 1 heterocycles. The molecule has 0 saturated heterocycles. The van der Waals surface area contributed by atoms with Gasteiger partial charge in [0.05, 0.1) is 25.2 Å². The van der Waals surface area contributed by atoms with Gasteiger partial charge in [-0.2, -0.15) is 0 Å². The minimum Gasteiger partial charge on any atom is -0.497 e. The number of carbonyl (C=O) groups is 1. The lowest BCUT2D eigenvalue weighted by Gasteiger charge is -2.15. The molecule has 1 amide bonds. The molecular weight excluding hydrogens is 472 g/mol. The van der Waals surface area contributed by atoms with Crippen LogP contribution >= 0.6 is 23.4 Å². The van der Waals surface area contributed by atoms with Crippen LogP contribution in [-0.4, -0.2) is 40.1 Å². The number of methoxy groups -OCH3 is 2. The maximum Gasteiger partial charge on any atom is 0.237 e. The Labute approximate surface area is 207 Å². The first kappa shape index (κ1) is 23.7. The zero-order valence-corrected chi connectivity index (χ0v) is 20.4. The smallest absolute Gasteiger partial charge is 0.237 e. The number of thioether (sulfide) groups is 1. The second-order valence-electron chi connectivity index (χ2n) is 7.30. The maximum absolute atomic E-state index is 13.0. The number of aromatic nitrogens is 3. The van der Waals surface area contributed by atoms with Crippen molar-refractivity contribution in [2.24, 2.45) is 0 Å². The summed E-state index contributed by atoms with van der Waals surface area (Å²) in [5.74, 6) is 1.75. The molecule has 3 aromatic carbocycles. The molecular formula is C25H23ClN4O3S. The largest absolute Gasteiger partial charge is 0.497 e. The standard InChI is InChI=1S/C25H23ClN4O3S/c1-16(24(31)27-21-9-4-5-10-22(21)33-3)34-25-29-28-23(17-7-6-8-20(15-17)32-2)30(25)19-13-11-18(26)12-14-19/h4-16H,1-3H3,(H,27,31)/t16-/m1/s1. The van der Waals surface area contributed by atoms with E-state index in [4.69, 9.17) is 21.1 Å². The number of nitrogens with zero attached hydrogens (tertiary/aromatic N) is 3. The number of para-hydroxylation sites is 2. The van der Waals surface area contributed by atoms with Crippen molar-refractivity contribution in [1.29, 1.82) is 0 Å². The van der Waals surface area contributed by atoms with Crippen LogP contribution in [0.4, 0.5) is 5.69 Å². The van der Waals surface area contributed by atoms with Gasteiger partial charge in [0.15, 0.2) is 11.0 Å². The van der Waals surface area contributed by atoms with E-state index in [1.54, 1.807) is 38.5 Å². The Kier molecular flexibility index (Phi) is 7.40. The monoisotopic (exact) mass is 494 g/mol. The minimum absolute atomic E-state index is 0.178. The SMILES string of the molecule is COc1cccc(-c2nnc(S[C@H](C)C(=O)Nc3ccccc3OC)n2-c2ccc(Cl)cc2)c1. The van der Waals surface area contributed by atoms with Crippen LogP contribution in [0.15, 0.2) is 78.0 Å². The van der Waals surface area contributed by atoms with Crippen molar-refractivity contribution in [3.05, 3.63) is 77.8 Å². The van der Waals surface area contributed by atoms with Gasteiger partial charge in [0.1, 0.15) is 11.5 Å². The normalized spacial score (nSPS) is 11.6. The molecule has 0 spiro atoms. The Morgan fingerprint density at radius 1 is 1.00 bits per heavy atom. The summed E-state index contributed by atoms with van der Waals surface area (Å²) >= 11 is 7.42. The van der Waals surface area contributed by atoms with E-state index in [0.717, 1.165) is 11.3 Å². The molecule has 0 unspecified atom stereocenters. The number of hydrogen-bond acceptors (Lipinski definition) is 6. The van der Waals surface area contributed by atoms with Crippen molar-refractivity contribution in [2.75, 3.05) is 19.5 Å². The van der Waals surface area contributed by atoms with Gasteiger partial charge in [-0.25, -0.2) is 0 Å². The highest BCUT2D eigenvalue weighted by Gasteiger charge is 2.23. The molecule has 0 fully saturated rings. The molecule has 7 nitrogen and oxygen atoms in total. The summed E-state index contributed by atoms with van der Waals surface area (Å²) in [5.41, 5.74) is 2.27. The molecule has 1 N–H and O–H groups in total. The van der Waals surface area contributed by atoms with Crippen LogP contribution in [0.5, 0.6) is 11.5 Å². The van der Waals surface area contributed by atoms with Gasteiger partial charge in [-0.1, -0.05) is 47.6 Å². The van der Waals surface area contributed by atoms with Crippen LogP contribution in [0.2, 0.25) is 5.02 Å². The van der Waals surface area contributed by atoms with Gasteiger partial charge in [0.25, 0.3) is 0 Å². The van der Waals surface area contributed by atoms with Crippen LogP contribution in [-0.2, 0) is 4.79 Å². The second-order valence-corrected chi connectivity index (χ2v) is 9.04. The van der Waals surface area contributed by atoms with Crippen molar-refractivity contribution in [3.63, 3.8) is 0 Å². The molecule has 0 aliphatic rings. The first-order valence-corrected chi connectivity index (χ1v) is 11.7. The quantitative estimate of drug-likeness (QED) is 0.315. The van der Waals surface area contributed by atoms with Gasteiger partial charge in [-0.05, 0) is 55.5 Å². The van der Waals surface area contributed by atoms with E-state index < -0.39 is 5.25 Å². The molecule has 1 atom stereocenters. The predicted octanol–water partition coefficient (Wildman–Crippen LogP) is 5.72. The maximum atomic E-state index is 13.0. The molecule has 9 heteroatoms. The van der Waals surface area contributed by atoms with Crippen molar-refractivity contribution in [3.8, 4) is 28.6 Å². The van der Waals surface area contributed by atoms with E-state index in [2.05, 4.69) is 15.5 Å². The van der Waals surface area contributed by atoms with E-state index in [9.17, 15) is 4.79 Å². The molecule has 0 aliphatic carbocycles. The number of anilines is 1. The molecule has 4 rings (SSSR count). The second kappa shape index (κ2) is 10.6. The van der Waals surface area contributed by atoms with E-state index >= 15 is 0 Å². The summed E-state index contributed by atoms with van der Waals surface area (Å²) < 4.78 is 12.6. The fourth-order valence-electron chi connectivity index (χ4n) is 3.31. The number of halogens is 1. The molecule has 1 aromatic heterocycles. The summed E-state index contributed by atoms with van der Waals surface area (Å²) in [6, 6.07) is 22.3. The van der Waals surface area contributed by atoms with Crippen molar-refractivity contribution in [1.82, 2.24) is 14.8 Å². The number of hydrogen-bond donors (Lipinski definition) is 1. The lowest BCUT2D eigenvalue weighted by molar-refractivity contribution is -0.115. The van der Waals surface area contributed by atoms with Crippen LogP contribution < -0.4 is 14.8 Å². The fourth-order valence-corrected chi connectivity index (χ4v) is 4.31. The first-order chi connectivity index (χ1) is 16.5. The first-order valence-electron chi connectivity index (χ1n) is 10.5.